The molecule has 0 unspecified atom stereocenters. The number of nitrogens with zero attached hydrogens (tertiary/aromatic N) is 6. The Bertz CT molecular complexity index is 4360. The number of aromatic nitrogens is 6. The molecule has 0 amide bonds. The average Bonchev–Trinajstić information content (AvgIpc) is 4.34. The topological polar surface area (TPSA) is 51.9 Å². The molecule has 0 spiro atoms. The third kappa shape index (κ3) is 8.48. The van der Waals surface area contributed by atoms with Gasteiger partial charge in [-0.3, -0.25) is 13.2 Å². The van der Waals surface area contributed by atoms with E-state index in [1.807, 2.05) is 18.6 Å². The van der Waals surface area contributed by atoms with Crippen molar-refractivity contribution in [2.24, 2.45) is 0 Å². The molecule has 0 saturated heterocycles. The minimum Gasteiger partial charge on any atom is -0.292 e. The Kier molecular flexibility index (Phi) is 13.1. The van der Waals surface area contributed by atoms with Crippen LogP contribution in [0.2, 0.25) is 0 Å². The van der Waals surface area contributed by atoms with E-state index in [1.54, 1.807) is 0 Å². The van der Waals surface area contributed by atoms with E-state index in [-0.39, 0.29) is 20.1 Å². The summed E-state index contributed by atoms with van der Waals surface area (Å²) in [5.41, 5.74) is 25.5. The summed E-state index contributed by atoms with van der Waals surface area (Å²) in [5.74, 6) is 0. The number of pyridine rings is 3. The number of fused-ring (bicyclic) bond motifs is 18. The van der Waals surface area contributed by atoms with Gasteiger partial charge in [-0.25, -0.2) is 15.0 Å². The van der Waals surface area contributed by atoms with Crippen LogP contribution in [-0.2, 0) is 20.1 Å². The molecule has 79 heavy (non-hydrogen) atoms. The first-order valence-corrected chi connectivity index (χ1v) is 27.0. The fourth-order valence-corrected chi connectivity index (χ4v) is 12.5. The van der Waals surface area contributed by atoms with E-state index >= 15 is 0 Å². The van der Waals surface area contributed by atoms with Gasteiger partial charge in [0.1, 0.15) is 16.9 Å². The summed E-state index contributed by atoms with van der Waals surface area (Å²) in [6, 6.07) is 65.2. The second kappa shape index (κ2) is 20.2. The van der Waals surface area contributed by atoms with Crippen molar-refractivity contribution in [3.63, 3.8) is 0 Å². The maximum Gasteiger partial charge on any atom is 3.00 e. The Morgan fingerprint density at radius 3 is 0.747 bits per heavy atom. The zero-order valence-electron chi connectivity index (χ0n) is 46.1. The molecule has 6 aromatic heterocycles. The summed E-state index contributed by atoms with van der Waals surface area (Å²) in [6.45, 7) is 19.5. The van der Waals surface area contributed by atoms with Crippen LogP contribution in [0.25, 0.3) is 116 Å². The molecular weight excluding hydrogens is 1140 g/mol. The van der Waals surface area contributed by atoms with E-state index in [9.17, 15) is 0 Å². The van der Waals surface area contributed by atoms with Crippen LogP contribution in [0.3, 0.4) is 0 Å². The third-order valence-electron chi connectivity index (χ3n) is 16.1. The molecule has 15 rings (SSSR count). The molecule has 6 nitrogen and oxygen atoms in total. The molecule has 384 valence electrons. The van der Waals surface area contributed by atoms with Gasteiger partial charge in [0.05, 0.1) is 52.2 Å². The summed E-state index contributed by atoms with van der Waals surface area (Å²) in [6.07, 6.45) is 6.07. The van der Waals surface area contributed by atoms with Crippen molar-refractivity contribution in [2.45, 2.75) is 62.3 Å². The largest absolute Gasteiger partial charge is 3.00 e. The zero-order valence-corrected chi connectivity index (χ0v) is 48.5. The molecule has 0 aliphatic heterocycles. The van der Waals surface area contributed by atoms with Gasteiger partial charge in [0.25, 0.3) is 0 Å². The van der Waals surface area contributed by atoms with Crippen LogP contribution in [-0.4, -0.2) is 28.2 Å². The number of imidazole rings is 3. The second-order valence-corrected chi connectivity index (χ2v) is 21.4. The Hall–Kier alpha value is -8.74. The summed E-state index contributed by atoms with van der Waals surface area (Å²) < 4.78 is 6.98. The first-order valence-electron chi connectivity index (χ1n) is 27.0. The zero-order chi connectivity index (χ0) is 53.5. The van der Waals surface area contributed by atoms with Crippen molar-refractivity contribution >= 4 is 82.0 Å². The SMILES string of the molecule is Cc1ccc2c(c1)c1ccccc1c1ncc(-c3c(C)cccc3C)n21.Cc1ccc2c(c1)c1ccccc1c1ncc(-c3c(C)cccc3C)n21.Cc1ccc2c(c1)c1ccccc1c1ncc(-c3c(C)cccc3C)n21.[Ir+3]. The molecule has 0 fully saturated rings. The molecule has 0 saturated carbocycles. The molecule has 0 atom stereocenters. The van der Waals surface area contributed by atoms with Crippen LogP contribution < -0.4 is 0 Å². The monoisotopic (exact) mass is 1200 g/mol. The first kappa shape index (κ1) is 51.0. The molecule has 0 aliphatic rings. The van der Waals surface area contributed by atoms with Gasteiger partial charge in [-0.2, -0.15) is 0 Å². The Morgan fingerprint density at radius 2 is 0.494 bits per heavy atom. The van der Waals surface area contributed by atoms with Gasteiger partial charge in [0, 0.05) is 49.0 Å². The predicted molar refractivity (Wildman–Crippen MR) is 330 cm³/mol. The van der Waals surface area contributed by atoms with Crippen LogP contribution in [0.4, 0.5) is 0 Å². The Balaban J connectivity index is 0.000000118. The maximum atomic E-state index is 4.84. The molecule has 6 heterocycles. The van der Waals surface area contributed by atoms with Gasteiger partial charge < -0.3 is 0 Å². The van der Waals surface area contributed by atoms with Crippen LogP contribution in [0.1, 0.15) is 50.1 Å². The van der Waals surface area contributed by atoms with Crippen molar-refractivity contribution in [1.29, 1.82) is 0 Å². The van der Waals surface area contributed by atoms with Crippen LogP contribution in [0.15, 0.2) is 201 Å². The summed E-state index contributed by atoms with van der Waals surface area (Å²) in [7, 11) is 0. The van der Waals surface area contributed by atoms with Gasteiger partial charge in [-0.15, -0.1) is 0 Å². The number of benzene rings is 9. The van der Waals surface area contributed by atoms with Crippen LogP contribution in [0, 0.1) is 62.3 Å². The summed E-state index contributed by atoms with van der Waals surface area (Å²) in [4.78, 5) is 14.5. The maximum absolute atomic E-state index is 4.84. The molecule has 0 bridgehead atoms. The van der Waals surface area contributed by atoms with Crippen molar-refractivity contribution in [2.75, 3.05) is 0 Å². The number of hydrogen-bond donors (Lipinski definition) is 0. The first-order chi connectivity index (χ1) is 37.9. The van der Waals surface area contributed by atoms with Gasteiger partial charge in [-0.05, 0) is 148 Å². The molecule has 0 aliphatic carbocycles. The van der Waals surface area contributed by atoms with Crippen molar-refractivity contribution < 1.29 is 20.1 Å². The summed E-state index contributed by atoms with van der Waals surface area (Å²) >= 11 is 0. The molecule has 9 aromatic carbocycles. The van der Waals surface area contributed by atoms with E-state index in [1.165, 1.54) is 132 Å². The smallest absolute Gasteiger partial charge is 0.292 e. The van der Waals surface area contributed by atoms with Crippen molar-refractivity contribution in [3.05, 3.63) is 251 Å². The van der Waals surface area contributed by atoms with E-state index in [2.05, 4.69) is 258 Å². The Labute approximate surface area is 474 Å². The number of aryl methyl sites for hydroxylation is 9. The molecule has 0 radical (unpaired) electrons. The van der Waals surface area contributed by atoms with Crippen LogP contribution in [0.5, 0.6) is 0 Å². The molecule has 0 N–H and O–H groups in total. The van der Waals surface area contributed by atoms with Gasteiger partial charge in [0.15, 0.2) is 0 Å². The number of hydrogen-bond acceptors (Lipinski definition) is 3. The van der Waals surface area contributed by atoms with Gasteiger partial charge in [0.2, 0.25) is 0 Å². The third-order valence-corrected chi connectivity index (χ3v) is 16.1. The van der Waals surface area contributed by atoms with Crippen LogP contribution >= 0.6 is 0 Å². The molecule has 7 heteroatoms. The minimum atomic E-state index is 0. The summed E-state index contributed by atoms with van der Waals surface area (Å²) in [5, 5.41) is 11.2. The molecule has 15 aromatic rings. The quantitative estimate of drug-likeness (QED) is 0.166. The van der Waals surface area contributed by atoms with Gasteiger partial charge in [-0.1, -0.05) is 162 Å². The van der Waals surface area contributed by atoms with E-state index < -0.39 is 0 Å². The number of rotatable bonds is 3. The van der Waals surface area contributed by atoms with Gasteiger partial charge >= 0.3 is 20.1 Å². The van der Waals surface area contributed by atoms with E-state index in [0.29, 0.717) is 0 Å². The second-order valence-electron chi connectivity index (χ2n) is 21.4. The Morgan fingerprint density at radius 1 is 0.253 bits per heavy atom. The van der Waals surface area contributed by atoms with Crippen molar-refractivity contribution in [3.8, 4) is 33.8 Å². The molecular formula is C72H60IrN6+3. The standard InChI is InChI=1S/3C24H20N2.Ir/c3*1-15-11-12-21-20(13-15)18-9-4-5-10-19(18)24-25-14-22(26(21)24)23-16(2)7-6-8-17(23)3;/h3*4-14H,1-3H3;/q;;;+3. The van der Waals surface area contributed by atoms with E-state index in [0.717, 1.165) is 34.0 Å². The fraction of sp³-hybridized carbons (Fsp3) is 0.125. The fourth-order valence-electron chi connectivity index (χ4n) is 12.5. The van der Waals surface area contributed by atoms with Crippen molar-refractivity contribution in [1.82, 2.24) is 28.2 Å². The average molecular weight is 1200 g/mol. The predicted octanol–water partition coefficient (Wildman–Crippen LogP) is 18.7. The minimum absolute atomic E-state index is 0. The normalized spacial score (nSPS) is 11.5. The van der Waals surface area contributed by atoms with E-state index in [4.69, 9.17) is 15.0 Å².